The number of nitrogens with zero attached hydrogens (tertiary/aromatic N) is 1. The third kappa shape index (κ3) is 3.19. The zero-order valence-electron chi connectivity index (χ0n) is 10.2. The van der Waals surface area contributed by atoms with Crippen LogP contribution in [0.15, 0.2) is 34.8 Å². The van der Waals surface area contributed by atoms with Crippen LogP contribution < -0.4 is 10.2 Å². The molecule has 0 aliphatic carbocycles. The summed E-state index contributed by atoms with van der Waals surface area (Å²) in [5.74, 6) is 0. The second kappa shape index (κ2) is 5.95. The molecule has 0 aliphatic rings. The van der Waals surface area contributed by atoms with E-state index >= 15 is 0 Å². The Balaban J connectivity index is 2.10. The first-order valence-electron chi connectivity index (χ1n) is 5.52. The van der Waals surface area contributed by atoms with E-state index in [0.29, 0.717) is 0 Å². The molecule has 0 spiro atoms. The molecule has 0 atom stereocenters. The Morgan fingerprint density at radius 3 is 2.67 bits per heavy atom. The Labute approximate surface area is 125 Å². The molecule has 0 amide bonds. The van der Waals surface area contributed by atoms with Gasteiger partial charge in [-0.2, -0.15) is 0 Å². The number of nitrogens with one attached hydrogen (secondary N) is 1. The van der Waals surface area contributed by atoms with E-state index in [1.54, 1.807) is 11.3 Å². The fraction of sp³-hybridized carbons (Fsp3) is 0.231. The average Bonchev–Trinajstić information content (AvgIpc) is 2.66. The van der Waals surface area contributed by atoms with Gasteiger partial charge in [0, 0.05) is 30.0 Å². The fourth-order valence-corrected chi connectivity index (χ4v) is 3.40. The van der Waals surface area contributed by atoms with Crippen LogP contribution >= 0.6 is 38.9 Å². The van der Waals surface area contributed by atoms with Crippen LogP contribution in [0.4, 0.5) is 11.4 Å². The first-order chi connectivity index (χ1) is 8.58. The van der Waals surface area contributed by atoms with E-state index in [1.165, 1.54) is 10.6 Å². The Bertz CT molecular complexity index is 520. The maximum absolute atomic E-state index is 6.03. The van der Waals surface area contributed by atoms with E-state index in [4.69, 9.17) is 11.6 Å². The van der Waals surface area contributed by atoms with Gasteiger partial charge in [0.15, 0.2) is 0 Å². The van der Waals surface area contributed by atoms with Crippen LogP contribution in [0, 0.1) is 0 Å². The normalized spacial score (nSPS) is 10.4. The largest absolute Gasteiger partial charge is 0.378 e. The molecule has 2 aromatic rings. The second-order valence-electron chi connectivity index (χ2n) is 4.10. The third-order valence-electron chi connectivity index (χ3n) is 2.54. The molecule has 18 heavy (non-hydrogen) atoms. The molecule has 0 unspecified atom stereocenters. The van der Waals surface area contributed by atoms with E-state index in [2.05, 4.69) is 44.3 Å². The Morgan fingerprint density at radius 1 is 1.33 bits per heavy atom. The van der Waals surface area contributed by atoms with Crippen LogP contribution in [0.2, 0.25) is 4.34 Å². The minimum absolute atomic E-state index is 0.779. The highest BCUT2D eigenvalue weighted by Crippen LogP contribution is 2.33. The summed E-state index contributed by atoms with van der Waals surface area (Å²) in [5, 5.41) is 3.44. The minimum Gasteiger partial charge on any atom is -0.378 e. The van der Waals surface area contributed by atoms with Crippen molar-refractivity contribution in [3.05, 3.63) is 44.0 Å². The summed E-state index contributed by atoms with van der Waals surface area (Å²) in [5.41, 5.74) is 2.31. The minimum atomic E-state index is 0.779. The number of rotatable bonds is 4. The van der Waals surface area contributed by atoms with Crippen LogP contribution in [-0.4, -0.2) is 14.1 Å². The summed E-state index contributed by atoms with van der Waals surface area (Å²) in [7, 11) is 4.08. The molecule has 96 valence electrons. The first kappa shape index (κ1) is 13.7. The number of benzene rings is 1. The molecular formula is C13H14BrClN2S. The lowest BCUT2D eigenvalue weighted by Gasteiger charge is -2.18. The second-order valence-corrected chi connectivity index (χ2v) is 6.69. The monoisotopic (exact) mass is 344 g/mol. The van der Waals surface area contributed by atoms with E-state index in [1.807, 2.05) is 26.2 Å². The van der Waals surface area contributed by atoms with Crippen LogP contribution in [0.3, 0.4) is 0 Å². The topological polar surface area (TPSA) is 15.3 Å². The highest BCUT2D eigenvalue weighted by Gasteiger charge is 2.06. The van der Waals surface area contributed by atoms with Crippen LogP contribution in [-0.2, 0) is 6.54 Å². The lowest BCUT2D eigenvalue weighted by atomic mass is 10.2. The molecule has 1 heterocycles. The van der Waals surface area contributed by atoms with Gasteiger partial charge in [-0.05, 0) is 34.1 Å². The molecule has 2 rings (SSSR count). The quantitative estimate of drug-likeness (QED) is 0.852. The SMILES string of the molecule is CN(C)c1ccccc1NCc1cc(Br)c(Cl)s1. The van der Waals surface area contributed by atoms with Crippen LogP contribution in [0.1, 0.15) is 4.88 Å². The van der Waals surface area contributed by atoms with Crippen molar-refractivity contribution in [2.24, 2.45) is 0 Å². The summed E-state index contributed by atoms with van der Waals surface area (Å²) in [6, 6.07) is 10.3. The smallest absolute Gasteiger partial charge is 0.107 e. The standard InChI is InChI=1S/C13H14BrClN2S/c1-17(2)12-6-4-3-5-11(12)16-8-9-7-10(14)13(15)18-9/h3-7,16H,8H2,1-2H3. The average molecular weight is 346 g/mol. The Hall–Kier alpha value is -0.710. The molecule has 1 aromatic carbocycles. The molecule has 0 aliphatic heterocycles. The van der Waals surface area contributed by atoms with Crippen molar-refractivity contribution < 1.29 is 0 Å². The van der Waals surface area contributed by atoms with Gasteiger partial charge in [0.1, 0.15) is 4.34 Å². The van der Waals surface area contributed by atoms with Gasteiger partial charge < -0.3 is 10.2 Å². The number of halogens is 2. The van der Waals surface area contributed by atoms with Crippen molar-refractivity contribution in [2.45, 2.75) is 6.54 Å². The fourth-order valence-electron chi connectivity index (χ4n) is 1.67. The summed E-state index contributed by atoms with van der Waals surface area (Å²) < 4.78 is 1.76. The lowest BCUT2D eigenvalue weighted by molar-refractivity contribution is 1.11. The summed E-state index contributed by atoms with van der Waals surface area (Å²) in [4.78, 5) is 3.31. The maximum Gasteiger partial charge on any atom is 0.107 e. The number of hydrogen-bond donors (Lipinski definition) is 1. The van der Waals surface area contributed by atoms with Crippen LogP contribution in [0.5, 0.6) is 0 Å². The van der Waals surface area contributed by atoms with Gasteiger partial charge in [-0.3, -0.25) is 0 Å². The van der Waals surface area contributed by atoms with Gasteiger partial charge in [0.05, 0.1) is 11.4 Å². The molecule has 0 saturated carbocycles. The lowest BCUT2D eigenvalue weighted by Crippen LogP contribution is -2.11. The third-order valence-corrected chi connectivity index (χ3v) is 5.01. The number of anilines is 2. The predicted octanol–water partition coefficient (Wildman–Crippen LogP) is 4.84. The molecule has 5 heteroatoms. The van der Waals surface area contributed by atoms with Gasteiger partial charge in [0.25, 0.3) is 0 Å². The van der Waals surface area contributed by atoms with Crippen molar-refractivity contribution >= 4 is 50.2 Å². The molecule has 0 saturated heterocycles. The molecule has 1 aromatic heterocycles. The summed E-state index contributed by atoms with van der Waals surface area (Å²) >= 11 is 11.0. The maximum atomic E-state index is 6.03. The molecular weight excluding hydrogens is 332 g/mol. The predicted molar refractivity (Wildman–Crippen MR) is 85.1 cm³/mol. The van der Waals surface area contributed by atoms with Crippen molar-refractivity contribution in [2.75, 3.05) is 24.3 Å². The van der Waals surface area contributed by atoms with E-state index in [9.17, 15) is 0 Å². The molecule has 0 radical (unpaired) electrons. The van der Waals surface area contributed by atoms with Crippen LogP contribution in [0.25, 0.3) is 0 Å². The van der Waals surface area contributed by atoms with Gasteiger partial charge in [-0.25, -0.2) is 0 Å². The zero-order chi connectivity index (χ0) is 13.1. The number of para-hydroxylation sites is 2. The van der Waals surface area contributed by atoms with Crippen molar-refractivity contribution in [3.8, 4) is 0 Å². The molecule has 2 nitrogen and oxygen atoms in total. The molecule has 1 N–H and O–H groups in total. The first-order valence-corrected chi connectivity index (χ1v) is 7.50. The number of hydrogen-bond acceptors (Lipinski definition) is 3. The Kier molecular flexibility index (Phi) is 4.54. The summed E-state index contributed by atoms with van der Waals surface area (Å²) in [6.07, 6.45) is 0. The van der Waals surface area contributed by atoms with Gasteiger partial charge in [-0.15, -0.1) is 11.3 Å². The Morgan fingerprint density at radius 2 is 2.06 bits per heavy atom. The summed E-state index contributed by atoms with van der Waals surface area (Å²) in [6.45, 7) is 0.779. The van der Waals surface area contributed by atoms with E-state index in [-0.39, 0.29) is 0 Å². The zero-order valence-corrected chi connectivity index (χ0v) is 13.4. The van der Waals surface area contributed by atoms with Crippen molar-refractivity contribution in [1.82, 2.24) is 0 Å². The van der Waals surface area contributed by atoms with Crippen molar-refractivity contribution in [1.29, 1.82) is 0 Å². The van der Waals surface area contributed by atoms with Gasteiger partial charge >= 0.3 is 0 Å². The van der Waals surface area contributed by atoms with Gasteiger partial charge in [0.2, 0.25) is 0 Å². The molecule has 0 fully saturated rings. The molecule has 0 bridgehead atoms. The van der Waals surface area contributed by atoms with E-state index < -0.39 is 0 Å². The van der Waals surface area contributed by atoms with Gasteiger partial charge in [-0.1, -0.05) is 23.7 Å². The van der Waals surface area contributed by atoms with Crippen molar-refractivity contribution in [3.63, 3.8) is 0 Å². The highest BCUT2D eigenvalue weighted by molar-refractivity contribution is 9.10. The van der Waals surface area contributed by atoms with E-state index in [0.717, 1.165) is 21.0 Å². The highest BCUT2D eigenvalue weighted by atomic mass is 79.9. The number of thiophene rings is 1.